The molecular formula is C36H26Br2N4O2. The van der Waals surface area contributed by atoms with Crippen LogP contribution in [0.4, 0.5) is 0 Å². The molecule has 8 heteroatoms. The van der Waals surface area contributed by atoms with Crippen LogP contribution in [-0.2, 0) is 0 Å². The van der Waals surface area contributed by atoms with Gasteiger partial charge in [0.2, 0.25) is 0 Å². The fourth-order valence-corrected chi connectivity index (χ4v) is 6.55. The number of carbonyl (C=O) groups is 2. The average molecular weight is 706 g/mol. The topological polar surface area (TPSA) is 66.4 Å². The highest BCUT2D eigenvalue weighted by Crippen LogP contribution is 2.30. The molecule has 3 heterocycles. The van der Waals surface area contributed by atoms with Gasteiger partial charge in [-0.1, -0.05) is 92.5 Å². The van der Waals surface area contributed by atoms with Gasteiger partial charge in [-0.25, -0.2) is 9.97 Å². The zero-order valence-electron chi connectivity index (χ0n) is 23.6. The monoisotopic (exact) mass is 704 g/mol. The van der Waals surface area contributed by atoms with Crippen molar-refractivity contribution in [2.24, 2.45) is 0 Å². The average Bonchev–Trinajstić information content (AvgIpc) is 3.06. The van der Waals surface area contributed by atoms with Gasteiger partial charge in [0.15, 0.2) is 0 Å². The molecule has 44 heavy (non-hydrogen) atoms. The largest absolute Gasteiger partial charge is 0.335 e. The number of aromatic nitrogens is 2. The van der Waals surface area contributed by atoms with Gasteiger partial charge < -0.3 is 9.80 Å². The molecular weight excluding hydrogens is 680 g/mol. The number of piperazine rings is 1. The van der Waals surface area contributed by atoms with Gasteiger partial charge in [0.1, 0.15) is 0 Å². The number of fused-ring (bicyclic) bond motifs is 2. The summed E-state index contributed by atoms with van der Waals surface area (Å²) in [5.41, 5.74) is 6.12. The summed E-state index contributed by atoms with van der Waals surface area (Å²) < 4.78 is 1.90. The third kappa shape index (κ3) is 5.51. The molecule has 6 nitrogen and oxygen atoms in total. The third-order valence-electron chi connectivity index (χ3n) is 7.99. The number of halogens is 2. The Balaban J connectivity index is 1.16. The molecule has 1 saturated heterocycles. The number of benzene rings is 4. The predicted octanol–water partition coefficient (Wildman–Crippen LogP) is 8.24. The minimum absolute atomic E-state index is 0.0572. The lowest BCUT2D eigenvalue weighted by Gasteiger charge is -2.35. The second-order valence-corrected chi connectivity index (χ2v) is 12.6. The maximum atomic E-state index is 14.0. The number of para-hydroxylation sites is 2. The van der Waals surface area contributed by atoms with Crippen LogP contribution in [0, 0.1) is 0 Å². The lowest BCUT2D eigenvalue weighted by molar-refractivity contribution is 0.0537. The van der Waals surface area contributed by atoms with Crippen LogP contribution >= 0.6 is 31.9 Å². The van der Waals surface area contributed by atoms with Gasteiger partial charge >= 0.3 is 0 Å². The van der Waals surface area contributed by atoms with Crippen molar-refractivity contribution in [1.29, 1.82) is 0 Å². The number of rotatable bonds is 4. The van der Waals surface area contributed by atoms with Crippen LogP contribution in [0.2, 0.25) is 0 Å². The molecule has 0 N–H and O–H groups in total. The summed E-state index contributed by atoms with van der Waals surface area (Å²) in [5.74, 6) is -0.114. The van der Waals surface area contributed by atoms with E-state index in [1.54, 1.807) is 0 Å². The van der Waals surface area contributed by atoms with Gasteiger partial charge in [-0.2, -0.15) is 0 Å². The summed E-state index contributed by atoms with van der Waals surface area (Å²) in [6.07, 6.45) is 0. The summed E-state index contributed by atoms with van der Waals surface area (Å²) in [5, 5.41) is 1.64. The van der Waals surface area contributed by atoms with E-state index >= 15 is 0 Å². The lowest BCUT2D eigenvalue weighted by Crippen LogP contribution is -2.50. The molecule has 0 atom stereocenters. The first-order valence-corrected chi connectivity index (χ1v) is 15.9. The van der Waals surface area contributed by atoms with Crippen LogP contribution in [0.15, 0.2) is 118 Å². The Morgan fingerprint density at radius 1 is 0.523 bits per heavy atom. The van der Waals surface area contributed by atoms with Crippen molar-refractivity contribution in [1.82, 2.24) is 19.8 Å². The van der Waals surface area contributed by atoms with E-state index in [-0.39, 0.29) is 11.8 Å². The second kappa shape index (κ2) is 11.9. The van der Waals surface area contributed by atoms with Crippen molar-refractivity contribution in [3.8, 4) is 22.5 Å². The molecule has 1 aliphatic heterocycles. The van der Waals surface area contributed by atoms with E-state index in [2.05, 4.69) is 31.9 Å². The molecule has 0 unspecified atom stereocenters. The summed E-state index contributed by atoms with van der Waals surface area (Å²) in [6, 6.07) is 35.1. The highest BCUT2D eigenvalue weighted by atomic mass is 79.9. The molecule has 7 rings (SSSR count). The third-order valence-corrected chi connectivity index (χ3v) is 8.97. The van der Waals surface area contributed by atoms with Crippen molar-refractivity contribution in [3.63, 3.8) is 0 Å². The molecule has 216 valence electrons. The van der Waals surface area contributed by atoms with E-state index < -0.39 is 0 Å². The normalized spacial score (nSPS) is 13.4. The first-order chi connectivity index (χ1) is 21.4. The van der Waals surface area contributed by atoms with E-state index in [1.807, 2.05) is 119 Å². The smallest absolute Gasteiger partial charge is 0.254 e. The fourth-order valence-electron chi connectivity index (χ4n) is 5.75. The molecule has 0 radical (unpaired) electrons. The molecule has 0 aliphatic carbocycles. The zero-order chi connectivity index (χ0) is 30.2. The molecule has 0 spiro atoms. The molecule has 4 aromatic carbocycles. The summed E-state index contributed by atoms with van der Waals surface area (Å²) in [7, 11) is 0. The first kappa shape index (κ1) is 28.4. The summed E-state index contributed by atoms with van der Waals surface area (Å²) >= 11 is 7.09. The maximum absolute atomic E-state index is 14.0. The van der Waals surface area contributed by atoms with Gasteiger partial charge in [-0.05, 0) is 48.5 Å². The number of pyridine rings is 2. The van der Waals surface area contributed by atoms with Crippen molar-refractivity contribution in [2.75, 3.05) is 26.2 Å². The van der Waals surface area contributed by atoms with Crippen LogP contribution in [-0.4, -0.2) is 57.8 Å². The number of hydrogen-bond donors (Lipinski definition) is 0. The van der Waals surface area contributed by atoms with E-state index in [0.29, 0.717) is 37.3 Å². The highest BCUT2D eigenvalue weighted by molar-refractivity contribution is 9.10. The van der Waals surface area contributed by atoms with Gasteiger partial charge in [0.05, 0.1) is 33.5 Å². The Morgan fingerprint density at radius 2 is 0.932 bits per heavy atom. The van der Waals surface area contributed by atoms with E-state index in [9.17, 15) is 9.59 Å². The molecule has 6 aromatic rings. The minimum atomic E-state index is -0.0572. The van der Waals surface area contributed by atoms with Crippen LogP contribution in [0.25, 0.3) is 44.3 Å². The van der Waals surface area contributed by atoms with E-state index in [0.717, 1.165) is 53.3 Å². The van der Waals surface area contributed by atoms with Crippen molar-refractivity contribution >= 4 is 65.5 Å². The molecule has 0 saturated carbocycles. The van der Waals surface area contributed by atoms with Gasteiger partial charge in [-0.15, -0.1) is 0 Å². The molecule has 2 amide bonds. The number of carbonyl (C=O) groups excluding carboxylic acids is 2. The SMILES string of the molecule is O=C(c1cc(-c2cccc(Br)c2)nc2ccccc12)N1CCN(C(=O)c2cc(-c3cccc(Br)c3)nc3ccccc23)CC1. The fraction of sp³-hybridized carbons (Fsp3) is 0.111. The number of nitrogens with zero attached hydrogens (tertiary/aromatic N) is 4. The van der Waals surface area contributed by atoms with Crippen LogP contribution in [0.1, 0.15) is 20.7 Å². The van der Waals surface area contributed by atoms with Gasteiger partial charge in [0, 0.05) is 57.0 Å². The Kier molecular flexibility index (Phi) is 7.70. The second-order valence-electron chi connectivity index (χ2n) is 10.7. The van der Waals surface area contributed by atoms with Crippen molar-refractivity contribution in [2.45, 2.75) is 0 Å². The minimum Gasteiger partial charge on any atom is -0.335 e. The van der Waals surface area contributed by atoms with E-state index in [1.165, 1.54) is 0 Å². The standard InChI is InChI=1S/C36H26Br2N4O2/c37-25-9-5-7-23(19-25)33-21-29(27-11-1-3-13-31(27)39-33)35(43)41-15-17-42(18-16-41)36(44)30-22-34(24-8-6-10-26(38)20-24)40-32-14-4-2-12-28(30)32/h1-14,19-22H,15-18H2. The van der Waals surface area contributed by atoms with Gasteiger partial charge in [-0.3, -0.25) is 9.59 Å². The summed E-state index contributed by atoms with van der Waals surface area (Å²) in [4.78, 5) is 41.4. The van der Waals surface area contributed by atoms with E-state index in [4.69, 9.17) is 9.97 Å². The number of hydrogen-bond acceptors (Lipinski definition) is 4. The predicted molar refractivity (Wildman–Crippen MR) is 182 cm³/mol. The Morgan fingerprint density at radius 3 is 1.34 bits per heavy atom. The Hall–Kier alpha value is -4.40. The summed E-state index contributed by atoms with van der Waals surface area (Å²) in [6.45, 7) is 1.76. The highest BCUT2D eigenvalue weighted by Gasteiger charge is 2.28. The first-order valence-electron chi connectivity index (χ1n) is 14.3. The molecule has 2 aromatic heterocycles. The van der Waals surface area contributed by atoms with Crippen molar-refractivity contribution < 1.29 is 9.59 Å². The molecule has 1 fully saturated rings. The van der Waals surface area contributed by atoms with Gasteiger partial charge in [0.25, 0.3) is 11.8 Å². The lowest BCUT2D eigenvalue weighted by atomic mass is 10.0. The molecule has 1 aliphatic rings. The quantitative estimate of drug-likeness (QED) is 0.185. The van der Waals surface area contributed by atoms with Crippen LogP contribution in [0.3, 0.4) is 0 Å². The Bertz CT molecular complexity index is 1920. The van der Waals surface area contributed by atoms with Crippen LogP contribution < -0.4 is 0 Å². The molecule has 0 bridgehead atoms. The maximum Gasteiger partial charge on any atom is 0.254 e. The van der Waals surface area contributed by atoms with Crippen LogP contribution in [0.5, 0.6) is 0 Å². The zero-order valence-corrected chi connectivity index (χ0v) is 26.8. The Labute approximate surface area is 271 Å². The number of amides is 2. The van der Waals surface area contributed by atoms with Crippen molar-refractivity contribution in [3.05, 3.63) is 129 Å².